The average molecular weight is 483 g/mol. The molecule has 2 aromatic carbocycles. The summed E-state index contributed by atoms with van der Waals surface area (Å²) in [7, 11) is 0. The Morgan fingerprint density at radius 1 is 1.18 bits per heavy atom. The van der Waals surface area contributed by atoms with Gasteiger partial charge in [0.05, 0.1) is 6.10 Å². The second-order valence-electron chi connectivity index (χ2n) is 7.96. The maximum atomic E-state index is 12.7. The fourth-order valence-corrected chi connectivity index (χ4v) is 5.25. The van der Waals surface area contributed by atoms with Gasteiger partial charge in [0.15, 0.2) is 0 Å². The van der Waals surface area contributed by atoms with Crippen LogP contribution in [0.1, 0.15) is 24.2 Å². The molecular formula is C25H27ClN4O2S. The zero-order valence-electron chi connectivity index (χ0n) is 18.6. The van der Waals surface area contributed by atoms with Crippen molar-refractivity contribution in [1.82, 2.24) is 15.2 Å². The lowest BCUT2D eigenvalue weighted by Gasteiger charge is -2.22. The standard InChI is InChI=1S/C25H27ClN4O2S/c1-3-30(4-2)14-19(31)13-29-25(32)16-6-5-15-9-22(33-21(15)10-16)23-20-11-18(26)8-7-17(20)12-28-24(23)27/h5-12,19,31H,3-4,13-14H2,1-2H3,(H2,27,28)(H,29,32). The van der Waals surface area contributed by atoms with Crippen LogP contribution in [0, 0.1) is 0 Å². The van der Waals surface area contributed by atoms with E-state index in [-0.39, 0.29) is 12.5 Å². The van der Waals surface area contributed by atoms with Crippen molar-refractivity contribution in [2.24, 2.45) is 0 Å². The maximum absolute atomic E-state index is 12.7. The van der Waals surface area contributed by atoms with Gasteiger partial charge in [-0.05, 0) is 54.2 Å². The number of pyridine rings is 1. The molecule has 0 aliphatic rings. The monoisotopic (exact) mass is 482 g/mol. The number of hydrogen-bond acceptors (Lipinski definition) is 6. The molecule has 0 aliphatic carbocycles. The minimum Gasteiger partial charge on any atom is -0.390 e. The predicted molar refractivity (Wildman–Crippen MR) is 138 cm³/mol. The number of nitrogens with one attached hydrogen (secondary N) is 1. The third-order valence-corrected chi connectivity index (χ3v) is 7.12. The second-order valence-corrected chi connectivity index (χ2v) is 9.48. The Morgan fingerprint density at radius 3 is 2.70 bits per heavy atom. The van der Waals surface area contributed by atoms with Gasteiger partial charge in [0.1, 0.15) is 5.82 Å². The molecule has 172 valence electrons. The van der Waals surface area contributed by atoms with Gasteiger partial charge in [0, 0.05) is 50.4 Å². The number of rotatable bonds is 8. The first-order chi connectivity index (χ1) is 15.9. The van der Waals surface area contributed by atoms with Crippen LogP contribution in [0.3, 0.4) is 0 Å². The highest BCUT2D eigenvalue weighted by Gasteiger charge is 2.16. The summed E-state index contributed by atoms with van der Waals surface area (Å²) < 4.78 is 0.972. The number of carbonyl (C=O) groups is 1. The minimum atomic E-state index is -0.611. The summed E-state index contributed by atoms with van der Waals surface area (Å²) in [5, 5.41) is 16.6. The first-order valence-electron chi connectivity index (χ1n) is 11.0. The third kappa shape index (κ3) is 5.12. The number of nitrogens with two attached hydrogens (primary N) is 1. The molecule has 0 aliphatic heterocycles. The number of amides is 1. The highest BCUT2D eigenvalue weighted by molar-refractivity contribution is 7.22. The number of aliphatic hydroxyl groups is 1. The van der Waals surface area contributed by atoms with Crippen LogP contribution in [-0.2, 0) is 0 Å². The Hall–Kier alpha value is -2.71. The van der Waals surface area contributed by atoms with E-state index in [1.54, 1.807) is 23.6 Å². The molecule has 1 atom stereocenters. The normalized spacial score (nSPS) is 12.5. The summed E-state index contributed by atoms with van der Waals surface area (Å²) in [6, 6.07) is 13.3. The molecule has 1 unspecified atom stereocenters. The van der Waals surface area contributed by atoms with Crippen LogP contribution in [0.25, 0.3) is 31.3 Å². The molecule has 0 saturated carbocycles. The lowest BCUT2D eigenvalue weighted by atomic mass is 10.0. The number of fused-ring (bicyclic) bond motifs is 2. The summed E-state index contributed by atoms with van der Waals surface area (Å²) in [5.41, 5.74) is 7.65. The van der Waals surface area contributed by atoms with Gasteiger partial charge in [-0.1, -0.05) is 37.6 Å². The van der Waals surface area contributed by atoms with Gasteiger partial charge in [-0.15, -0.1) is 11.3 Å². The van der Waals surface area contributed by atoms with Crippen molar-refractivity contribution in [2.45, 2.75) is 20.0 Å². The van der Waals surface area contributed by atoms with E-state index in [4.69, 9.17) is 17.3 Å². The molecule has 4 rings (SSSR count). The van der Waals surface area contributed by atoms with E-state index in [1.165, 1.54) is 0 Å². The van der Waals surface area contributed by atoms with Gasteiger partial charge in [0.2, 0.25) is 0 Å². The zero-order chi connectivity index (χ0) is 23.5. The van der Waals surface area contributed by atoms with Crippen LogP contribution >= 0.6 is 22.9 Å². The molecule has 0 bridgehead atoms. The Kier molecular flexibility index (Phi) is 7.14. The molecule has 0 radical (unpaired) electrons. The molecule has 8 heteroatoms. The molecule has 4 aromatic rings. The van der Waals surface area contributed by atoms with Crippen LogP contribution < -0.4 is 11.1 Å². The molecule has 6 nitrogen and oxygen atoms in total. The fourth-order valence-electron chi connectivity index (χ4n) is 3.91. The summed E-state index contributed by atoms with van der Waals surface area (Å²) >= 11 is 7.79. The number of aliphatic hydroxyl groups excluding tert-OH is 1. The predicted octanol–water partition coefficient (Wildman–Crippen LogP) is 4.78. The smallest absolute Gasteiger partial charge is 0.251 e. The number of thiophene rings is 1. The minimum absolute atomic E-state index is 0.205. The number of aromatic nitrogens is 1. The number of nitrogens with zero attached hydrogens (tertiary/aromatic N) is 2. The van der Waals surface area contributed by atoms with Crippen LogP contribution in [0.5, 0.6) is 0 Å². The molecule has 0 fully saturated rings. The van der Waals surface area contributed by atoms with Gasteiger partial charge < -0.3 is 21.1 Å². The van der Waals surface area contributed by atoms with Crippen LogP contribution in [0.15, 0.2) is 48.7 Å². The van der Waals surface area contributed by atoms with Gasteiger partial charge in [0.25, 0.3) is 5.91 Å². The SMILES string of the molecule is CCN(CC)CC(O)CNC(=O)c1ccc2cc(-c3c(N)ncc4ccc(Cl)cc34)sc2c1. The summed E-state index contributed by atoms with van der Waals surface area (Å²) in [4.78, 5) is 20.1. The van der Waals surface area contributed by atoms with Gasteiger partial charge in [-0.3, -0.25) is 4.79 Å². The maximum Gasteiger partial charge on any atom is 0.251 e. The first-order valence-corrected chi connectivity index (χ1v) is 12.1. The fraction of sp³-hybridized carbons (Fsp3) is 0.280. The van der Waals surface area contributed by atoms with Crippen LogP contribution in [0.2, 0.25) is 5.02 Å². The Bertz CT molecular complexity index is 1300. The van der Waals surface area contributed by atoms with Crippen molar-refractivity contribution in [2.75, 3.05) is 31.9 Å². The largest absolute Gasteiger partial charge is 0.390 e. The van der Waals surface area contributed by atoms with E-state index >= 15 is 0 Å². The third-order valence-electron chi connectivity index (χ3n) is 5.77. The summed E-state index contributed by atoms with van der Waals surface area (Å²) in [6.07, 6.45) is 1.13. The molecule has 2 aromatic heterocycles. The Labute approximate surface area is 202 Å². The zero-order valence-corrected chi connectivity index (χ0v) is 20.2. The first kappa shape index (κ1) is 23.4. The van der Waals surface area contributed by atoms with Crippen LogP contribution in [-0.4, -0.2) is 53.2 Å². The highest BCUT2D eigenvalue weighted by Crippen LogP contribution is 2.40. The van der Waals surface area contributed by atoms with E-state index in [9.17, 15) is 9.90 Å². The van der Waals surface area contributed by atoms with E-state index in [2.05, 4.69) is 35.1 Å². The van der Waals surface area contributed by atoms with Crippen molar-refractivity contribution in [1.29, 1.82) is 0 Å². The lowest BCUT2D eigenvalue weighted by Crippen LogP contribution is -2.40. The molecule has 0 spiro atoms. The van der Waals surface area contributed by atoms with E-state index in [0.29, 0.717) is 22.9 Å². The van der Waals surface area contributed by atoms with Crippen molar-refractivity contribution in [3.8, 4) is 10.4 Å². The van der Waals surface area contributed by atoms with Crippen molar-refractivity contribution < 1.29 is 9.90 Å². The Morgan fingerprint density at radius 2 is 1.94 bits per heavy atom. The number of halogens is 1. The number of carbonyl (C=O) groups excluding carboxylic acids is 1. The van der Waals surface area contributed by atoms with E-state index < -0.39 is 6.10 Å². The van der Waals surface area contributed by atoms with E-state index in [1.807, 2.05) is 30.3 Å². The van der Waals surface area contributed by atoms with Gasteiger partial charge >= 0.3 is 0 Å². The van der Waals surface area contributed by atoms with E-state index in [0.717, 1.165) is 44.4 Å². The molecule has 33 heavy (non-hydrogen) atoms. The number of benzene rings is 2. The number of likely N-dealkylation sites (N-methyl/N-ethyl adjacent to an activating group) is 1. The van der Waals surface area contributed by atoms with Crippen molar-refractivity contribution in [3.05, 3.63) is 59.2 Å². The van der Waals surface area contributed by atoms with Crippen molar-refractivity contribution >= 4 is 55.5 Å². The number of anilines is 1. The van der Waals surface area contributed by atoms with Crippen molar-refractivity contribution in [3.63, 3.8) is 0 Å². The molecule has 0 saturated heterocycles. The van der Waals surface area contributed by atoms with Gasteiger partial charge in [-0.2, -0.15) is 0 Å². The molecule has 1 amide bonds. The highest BCUT2D eigenvalue weighted by atomic mass is 35.5. The molecule has 4 N–H and O–H groups in total. The summed E-state index contributed by atoms with van der Waals surface area (Å²) in [5.74, 6) is 0.236. The second kappa shape index (κ2) is 10.1. The number of nitrogen functional groups attached to an aromatic ring is 1. The quantitative estimate of drug-likeness (QED) is 0.336. The average Bonchev–Trinajstić information content (AvgIpc) is 3.23. The lowest BCUT2D eigenvalue weighted by molar-refractivity contribution is 0.0869. The van der Waals surface area contributed by atoms with Crippen LogP contribution in [0.4, 0.5) is 5.82 Å². The van der Waals surface area contributed by atoms with Gasteiger partial charge in [-0.25, -0.2) is 4.98 Å². The number of hydrogen-bond donors (Lipinski definition) is 3. The summed E-state index contributed by atoms with van der Waals surface area (Å²) in [6.45, 7) is 6.57. The Balaban J connectivity index is 1.58. The molecular weight excluding hydrogens is 456 g/mol. The molecule has 2 heterocycles. The topological polar surface area (TPSA) is 91.5 Å².